The van der Waals surface area contributed by atoms with Gasteiger partial charge in [-0.15, -0.1) is 13.2 Å². The molecule has 0 aromatic heterocycles. The Labute approximate surface area is 183 Å². The Hall–Kier alpha value is -3.23. The third kappa shape index (κ3) is 4.51. The Bertz CT molecular complexity index is 1030. The zero-order chi connectivity index (χ0) is 22.9. The highest BCUT2D eigenvalue weighted by Crippen LogP contribution is 2.35. The van der Waals surface area contributed by atoms with E-state index in [1.165, 1.54) is 12.1 Å². The van der Waals surface area contributed by atoms with Crippen LogP contribution in [0.1, 0.15) is 53.3 Å². The van der Waals surface area contributed by atoms with Crippen molar-refractivity contribution in [3.05, 3.63) is 53.6 Å². The van der Waals surface area contributed by atoms with E-state index < -0.39 is 18.0 Å². The number of ether oxygens (including phenoxy) is 1. The topological polar surface area (TPSA) is 61.9 Å². The molecule has 0 bridgehead atoms. The van der Waals surface area contributed by atoms with Gasteiger partial charge in [-0.2, -0.15) is 0 Å². The summed E-state index contributed by atoms with van der Waals surface area (Å²) in [4.78, 5) is 30.0. The molecule has 4 rings (SSSR count). The second-order valence-corrected chi connectivity index (χ2v) is 7.88. The second-order valence-electron chi connectivity index (χ2n) is 7.88. The molecule has 1 fully saturated rings. The molecule has 0 unspecified atom stereocenters. The van der Waals surface area contributed by atoms with E-state index >= 15 is 0 Å². The van der Waals surface area contributed by atoms with Gasteiger partial charge >= 0.3 is 6.36 Å². The van der Waals surface area contributed by atoms with Crippen molar-refractivity contribution in [1.29, 1.82) is 0 Å². The van der Waals surface area contributed by atoms with E-state index in [1.807, 2.05) is 11.8 Å². The van der Waals surface area contributed by atoms with Gasteiger partial charge < -0.3 is 19.9 Å². The molecule has 2 heterocycles. The number of hydrogen-bond acceptors (Lipinski definition) is 4. The summed E-state index contributed by atoms with van der Waals surface area (Å²) in [5.74, 6) is -0.929. The van der Waals surface area contributed by atoms with Crippen molar-refractivity contribution in [1.82, 2.24) is 4.90 Å². The molecule has 1 saturated heterocycles. The second kappa shape index (κ2) is 8.72. The first-order chi connectivity index (χ1) is 15.3. The average molecular weight is 447 g/mol. The zero-order valence-electron chi connectivity index (χ0n) is 17.6. The van der Waals surface area contributed by atoms with Crippen LogP contribution in [0.3, 0.4) is 0 Å². The van der Waals surface area contributed by atoms with Gasteiger partial charge in [-0.25, -0.2) is 0 Å². The predicted molar refractivity (Wildman–Crippen MR) is 114 cm³/mol. The number of carbonyl (C=O) groups is 2. The lowest BCUT2D eigenvalue weighted by Crippen LogP contribution is -2.55. The molecular weight excluding hydrogens is 423 g/mol. The Morgan fingerprint density at radius 3 is 2.72 bits per heavy atom. The molecule has 0 spiro atoms. The van der Waals surface area contributed by atoms with Crippen LogP contribution >= 0.6 is 0 Å². The maximum absolute atomic E-state index is 13.1. The molecule has 1 atom stereocenters. The van der Waals surface area contributed by atoms with E-state index in [4.69, 9.17) is 0 Å². The SMILES string of the molecule is CCN1c2cc(C(=O)Nc3cccc(OC(F)(F)F)c3)ccc2C(=O)N2CCCCC[C@H]21. The van der Waals surface area contributed by atoms with Crippen LogP contribution in [-0.2, 0) is 0 Å². The molecular formula is C23H24F3N3O3. The summed E-state index contributed by atoms with van der Waals surface area (Å²) in [7, 11) is 0. The van der Waals surface area contributed by atoms with Crippen LogP contribution in [0.5, 0.6) is 5.75 Å². The minimum absolute atomic E-state index is 0.0273. The highest BCUT2D eigenvalue weighted by molar-refractivity contribution is 6.08. The van der Waals surface area contributed by atoms with Crippen molar-refractivity contribution >= 4 is 23.2 Å². The Morgan fingerprint density at radius 2 is 1.97 bits per heavy atom. The van der Waals surface area contributed by atoms with Gasteiger partial charge in [0.2, 0.25) is 0 Å². The molecule has 2 aromatic carbocycles. The number of anilines is 2. The smallest absolute Gasteiger partial charge is 0.406 e. The van der Waals surface area contributed by atoms with Crippen LogP contribution in [0.25, 0.3) is 0 Å². The van der Waals surface area contributed by atoms with E-state index in [0.717, 1.165) is 44.4 Å². The molecule has 32 heavy (non-hydrogen) atoms. The van der Waals surface area contributed by atoms with Gasteiger partial charge in [0.1, 0.15) is 11.9 Å². The quantitative estimate of drug-likeness (QED) is 0.715. The van der Waals surface area contributed by atoms with E-state index in [9.17, 15) is 22.8 Å². The first-order valence-corrected chi connectivity index (χ1v) is 10.7. The molecule has 2 amide bonds. The average Bonchev–Trinajstić information content (AvgIpc) is 2.99. The lowest BCUT2D eigenvalue weighted by atomic mass is 10.0. The van der Waals surface area contributed by atoms with Crippen molar-refractivity contribution in [2.75, 3.05) is 23.3 Å². The van der Waals surface area contributed by atoms with Gasteiger partial charge in [0.05, 0.1) is 11.3 Å². The van der Waals surface area contributed by atoms with Crippen LogP contribution < -0.4 is 15.0 Å². The van der Waals surface area contributed by atoms with E-state index in [-0.39, 0.29) is 17.8 Å². The standard InChI is InChI=1S/C23H24F3N3O3/c1-2-28-19-13-15(10-11-18(19)22(31)29-12-5-3-4-9-20(28)29)21(30)27-16-7-6-8-17(14-16)32-23(24,25)26/h6-8,10-11,13-14,20H,2-5,9,12H2,1H3,(H,27,30)/t20-/m0/s1. The summed E-state index contributed by atoms with van der Waals surface area (Å²) in [6.45, 7) is 3.42. The number of fused-ring (bicyclic) bond motifs is 2. The maximum atomic E-state index is 13.1. The monoisotopic (exact) mass is 447 g/mol. The van der Waals surface area contributed by atoms with Crippen molar-refractivity contribution < 1.29 is 27.5 Å². The normalized spacial score (nSPS) is 18.5. The fourth-order valence-electron chi connectivity index (χ4n) is 4.41. The molecule has 2 aromatic rings. The number of nitrogens with zero attached hydrogens (tertiary/aromatic N) is 2. The molecule has 6 nitrogen and oxygen atoms in total. The summed E-state index contributed by atoms with van der Waals surface area (Å²) in [5, 5.41) is 2.60. The lowest BCUT2D eigenvalue weighted by Gasteiger charge is -2.44. The van der Waals surface area contributed by atoms with Crippen molar-refractivity contribution in [2.24, 2.45) is 0 Å². The summed E-state index contributed by atoms with van der Waals surface area (Å²) < 4.78 is 41.3. The third-order valence-electron chi connectivity index (χ3n) is 5.81. The predicted octanol–water partition coefficient (Wildman–Crippen LogP) is 5.02. The summed E-state index contributed by atoms with van der Waals surface area (Å²) in [6.07, 6.45) is -0.871. The number of hydrogen-bond donors (Lipinski definition) is 1. The number of benzene rings is 2. The van der Waals surface area contributed by atoms with Gasteiger partial charge in [-0.1, -0.05) is 12.5 Å². The van der Waals surface area contributed by atoms with Crippen LogP contribution in [0.15, 0.2) is 42.5 Å². The number of amides is 2. The van der Waals surface area contributed by atoms with E-state index in [1.54, 1.807) is 18.2 Å². The molecule has 2 aliphatic rings. The van der Waals surface area contributed by atoms with Crippen molar-refractivity contribution in [2.45, 2.75) is 45.1 Å². The summed E-state index contributed by atoms with van der Waals surface area (Å²) in [5.41, 5.74) is 1.76. The molecule has 0 aliphatic carbocycles. The first-order valence-electron chi connectivity index (χ1n) is 10.7. The van der Waals surface area contributed by atoms with Gasteiger partial charge in [0.15, 0.2) is 0 Å². The molecule has 9 heteroatoms. The lowest BCUT2D eigenvalue weighted by molar-refractivity contribution is -0.274. The van der Waals surface area contributed by atoms with Crippen LogP contribution in [0.4, 0.5) is 24.5 Å². The highest BCUT2D eigenvalue weighted by atomic mass is 19.4. The minimum atomic E-state index is -4.82. The van der Waals surface area contributed by atoms with Crippen molar-refractivity contribution in [3.8, 4) is 5.75 Å². The van der Waals surface area contributed by atoms with Gasteiger partial charge in [-0.3, -0.25) is 9.59 Å². The van der Waals surface area contributed by atoms with E-state index in [2.05, 4.69) is 15.0 Å². The van der Waals surface area contributed by atoms with Crippen LogP contribution in [0, 0.1) is 0 Å². The fraction of sp³-hybridized carbons (Fsp3) is 0.391. The number of rotatable bonds is 4. The molecule has 2 aliphatic heterocycles. The molecule has 0 saturated carbocycles. The maximum Gasteiger partial charge on any atom is 0.573 e. The molecule has 0 radical (unpaired) electrons. The van der Waals surface area contributed by atoms with E-state index in [0.29, 0.717) is 23.4 Å². The Morgan fingerprint density at radius 1 is 1.16 bits per heavy atom. The Balaban J connectivity index is 1.59. The molecule has 1 N–H and O–H groups in total. The number of carbonyl (C=O) groups excluding carboxylic acids is 2. The van der Waals surface area contributed by atoms with Gasteiger partial charge in [0, 0.05) is 30.4 Å². The number of halogens is 3. The first kappa shape index (κ1) is 22.0. The largest absolute Gasteiger partial charge is 0.573 e. The summed E-state index contributed by atoms with van der Waals surface area (Å²) >= 11 is 0. The van der Waals surface area contributed by atoms with Gasteiger partial charge in [-0.05, 0) is 56.5 Å². The number of nitrogens with one attached hydrogen (secondary N) is 1. The van der Waals surface area contributed by atoms with Crippen molar-refractivity contribution in [3.63, 3.8) is 0 Å². The number of alkyl halides is 3. The minimum Gasteiger partial charge on any atom is -0.406 e. The van der Waals surface area contributed by atoms with Crippen LogP contribution in [0.2, 0.25) is 0 Å². The van der Waals surface area contributed by atoms with Gasteiger partial charge in [0.25, 0.3) is 11.8 Å². The highest BCUT2D eigenvalue weighted by Gasteiger charge is 2.37. The molecule has 170 valence electrons. The fourth-order valence-corrected chi connectivity index (χ4v) is 4.41. The van der Waals surface area contributed by atoms with Crippen LogP contribution in [-0.4, -0.2) is 42.3 Å². The summed E-state index contributed by atoms with van der Waals surface area (Å²) in [6, 6.07) is 10.0. The third-order valence-corrected chi connectivity index (χ3v) is 5.81. The Kier molecular flexibility index (Phi) is 5.99. The zero-order valence-corrected chi connectivity index (χ0v) is 17.6.